The molecule has 1 aliphatic rings. The van der Waals surface area contributed by atoms with E-state index in [4.69, 9.17) is 4.74 Å². The van der Waals surface area contributed by atoms with Crippen LogP contribution in [0, 0.1) is 16.7 Å². The van der Waals surface area contributed by atoms with Gasteiger partial charge in [0.2, 0.25) is 0 Å². The summed E-state index contributed by atoms with van der Waals surface area (Å²) in [6.07, 6.45) is 3.07. The summed E-state index contributed by atoms with van der Waals surface area (Å²) in [5.74, 6) is -1.42. The van der Waals surface area contributed by atoms with Crippen LogP contribution in [0.15, 0.2) is 23.5 Å². The molecule has 0 heterocycles. The highest BCUT2D eigenvalue weighted by atomic mass is 16.6. The molecule has 0 fully saturated rings. The predicted octanol–water partition coefficient (Wildman–Crippen LogP) is 3.41. The van der Waals surface area contributed by atoms with Crippen LogP contribution in [0.3, 0.4) is 0 Å². The van der Waals surface area contributed by atoms with E-state index >= 15 is 0 Å². The van der Waals surface area contributed by atoms with E-state index in [2.05, 4.69) is 0 Å². The predicted molar refractivity (Wildman–Crippen MR) is 73.2 cm³/mol. The molecule has 2 unspecified atom stereocenters. The Labute approximate surface area is 110 Å². The molecule has 0 spiro atoms. The van der Waals surface area contributed by atoms with Crippen LogP contribution in [-0.2, 0) is 4.74 Å². The van der Waals surface area contributed by atoms with E-state index in [0.717, 1.165) is 5.57 Å². The maximum absolute atomic E-state index is 10.7. The number of ether oxygens (including phenoxy) is 1. The quantitative estimate of drug-likeness (QED) is 0.705. The Morgan fingerprint density at radius 3 is 2.00 bits per heavy atom. The van der Waals surface area contributed by atoms with Crippen LogP contribution in [0.5, 0.6) is 0 Å². The molecule has 0 saturated carbocycles. The smallest absolute Gasteiger partial charge is 0.192 e. The molecule has 18 heavy (non-hydrogen) atoms. The van der Waals surface area contributed by atoms with Crippen molar-refractivity contribution in [2.45, 2.75) is 47.3 Å². The first-order valence-electron chi connectivity index (χ1n) is 6.34. The first-order valence-corrected chi connectivity index (χ1v) is 6.34. The van der Waals surface area contributed by atoms with E-state index < -0.39 is 5.79 Å². The molecule has 2 atom stereocenters. The summed E-state index contributed by atoms with van der Waals surface area (Å²) in [5.41, 5.74) is 0.368. The van der Waals surface area contributed by atoms with E-state index in [1.54, 1.807) is 0 Å². The van der Waals surface area contributed by atoms with E-state index in [-0.39, 0.29) is 22.5 Å². The lowest BCUT2D eigenvalue weighted by Crippen LogP contribution is -2.49. The second-order valence-electron chi connectivity index (χ2n) is 7.14. The Bertz CT molecular complexity index is 380. The maximum Gasteiger partial charge on any atom is 0.192 e. The number of aliphatic hydroxyl groups excluding tert-OH is 1. The van der Waals surface area contributed by atoms with Crippen molar-refractivity contribution in [2.75, 3.05) is 7.11 Å². The SMILES string of the molecule is COC1(O)C=CC(O)=C(C(C)(C)C)C1C(C)(C)C. The molecule has 0 aliphatic heterocycles. The van der Waals surface area contributed by atoms with Crippen LogP contribution in [-0.4, -0.2) is 23.1 Å². The van der Waals surface area contributed by atoms with Crippen molar-refractivity contribution in [3.8, 4) is 0 Å². The molecular formula is C15H26O3. The topological polar surface area (TPSA) is 49.7 Å². The largest absolute Gasteiger partial charge is 0.508 e. The minimum atomic E-state index is -1.37. The average Bonchev–Trinajstić information content (AvgIpc) is 2.18. The van der Waals surface area contributed by atoms with Gasteiger partial charge in [0, 0.05) is 13.0 Å². The molecule has 0 radical (unpaired) electrons. The Morgan fingerprint density at radius 1 is 1.17 bits per heavy atom. The molecule has 1 rings (SSSR count). The fourth-order valence-electron chi connectivity index (χ4n) is 2.80. The van der Waals surface area contributed by atoms with Gasteiger partial charge in [-0.25, -0.2) is 0 Å². The van der Waals surface area contributed by atoms with Gasteiger partial charge in [0.15, 0.2) is 5.79 Å². The fraction of sp³-hybridized carbons (Fsp3) is 0.733. The Morgan fingerprint density at radius 2 is 1.67 bits per heavy atom. The average molecular weight is 254 g/mol. The van der Waals surface area contributed by atoms with Gasteiger partial charge in [-0.2, -0.15) is 0 Å². The van der Waals surface area contributed by atoms with Crippen LogP contribution in [0.25, 0.3) is 0 Å². The van der Waals surface area contributed by atoms with E-state index in [0.29, 0.717) is 0 Å². The van der Waals surface area contributed by atoms with E-state index in [1.807, 2.05) is 41.5 Å². The third-order valence-corrected chi connectivity index (χ3v) is 3.46. The zero-order valence-corrected chi connectivity index (χ0v) is 12.5. The Hall–Kier alpha value is -0.800. The van der Waals surface area contributed by atoms with Crippen molar-refractivity contribution in [3.63, 3.8) is 0 Å². The molecule has 0 aromatic carbocycles. The van der Waals surface area contributed by atoms with Gasteiger partial charge in [0.25, 0.3) is 0 Å². The lowest BCUT2D eigenvalue weighted by Gasteiger charge is -2.47. The normalized spacial score (nSPS) is 29.9. The molecule has 1 aliphatic carbocycles. The number of hydrogen-bond acceptors (Lipinski definition) is 3. The van der Waals surface area contributed by atoms with Crippen LogP contribution in [0.4, 0.5) is 0 Å². The molecule has 104 valence electrons. The van der Waals surface area contributed by atoms with Crippen molar-refractivity contribution in [2.24, 2.45) is 16.7 Å². The molecule has 0 aromatic heterocycles. The summed E-state index contributed by atoms with van der Waals surface area (Å²) in [5, 5.41) is 20.9. The second kappa shape index (κ2) is 4.39. The minimum Gasteiger partial charge on any atom is -0.508 e. The monoisotopic (exact) mass is 254 g/mol. The first kappa shape index (κ1) is 15.3. The van der Waals surface area contributed by atoms with Crippen molar-refractivity contribution in [1.29, 1.82) is 0 Å². The van der Waals surface area contributed by atoms with Gasteiger partial charge in [-0.1, -0.05) is 41.5 Å². The standard InChI is InChI=1S/C15H26O3/c1-13(2,3)11-10(16)8-9-15(17,18-7)12(11)14(4,5)6/h8-9,12,16-17H,1-7H3. The Balaban J connectivity index is 3.47. The van der Waals surface area contributed by atoms with Gasteiger partial charge in [-0.3, -0.25) is 0 Å². The first-order chi connectivity index (χ1) is 7.93. The summed E-state index contributed by atoms with van der Waals surface area (Å²) in [6, 6.07) is 0. The number of hydrogen-bond donors (Lipinski definition) is 2. The van der Waals surface area contributed by atoms with Crippen molar-refractivity contribution < 1.29 is 14.9 Å². The van der Waals surface area contributed by atoms with Crippen LogP contribution in [0.1, 0.15) is 41.5 Å². The van der Waals surface area contributed by atoms with Gasteiger partial charge >= 0.3 is 0 Å². The highest BCUT2D eigenvalue weighted by Crippen LogP contribution is 2.50. The van der Waals surface area contributed by atoms with Crippen molar-refractivity contribution >= 4 is 0 Å². The summed E-state index contributed by atoms with van der Waals surface area (Å²) in [7, 11) is 1.49. The molecule has 0 aromatic rings. The molecule has 0 saturated heterocycles. The third-order valence-electron chi connectivity index (χ3n) is 3.46. The lowest BCUT2D eigenvalue weighted by atomic mass is 9.62. The lowest BCUT2D eigenvalue weighted by molar-refractivity contribution is -0.200. The zero-order chi connectivity index (χ0) is 14.4. The van der Waals surface area contributed by atoms with Gasteiger partial charge in [0.1, 0.15) is 5.76 Å². The number of aliphatic hydroxyl groups is 2. The van der Waals surface area contributed by atoms with Gasteiger partial charge in [-0.15, -0.1) is 0 Å². The van der Waals surface area contributed by atoms with Crippen LogP contribution in [0.2, 0.25) is 0 Å². The number of rotatable bonds is 1. The fourth-order valence-corrected chi connectivity index (χ4v) is 2.80. The molecule has 0 amide bonds. The van der Waals surface area contributed by atoms with Gasteiger partial charge in [-0.05, 0) is 28.6 Å². The summed E-state index contributed by atoms with van der Waals surface area (Å²) in [6.45, 7) is 12.2. The van der Waals surface area contributed by atoms with Crippen molar-refractivity contribution in [3.05, 3.63) is 23.5 Å². The number of allylic oxidation sites excluding steroid dienone is 1. The summed E-state index contributed by atoms with van der Waals surface area (Å²) < 4.78 is 5.31. The molecule has 3 heteroatoms. The summed E-state index contributed by atoms with van der Waals surface area (Å²) >= 11 is 0. The van der Waals surface area contributed by atoms with E-state index in [1.165, 1.54) is 19.3 Å². The number of methoxy groups -OCH3 is 1. The van der Waals surface area contributed by atoms with E-state index in [9.17, 15) is 10.2 Å². The Kier molecular flexibility index (Phi) is 3.72. The molecule has 0 bridgehead atoms. The molecule has 2 N–H and O–H groups in total. The van der Waals surface area contributed by atoms with Crippen LogP contribution < -0.4 is 0 Å². The molecule has 3 nitrogen and oxygen atoms in total. The highest BCUT2D eigenvalue weighted by molar-refractivity contribution is 5.35. The highest BCUT2D eigenvalue weighted by Gasteiger charge is 2.50. The molecular weight excluding hydrogens is 228 g/mol. The van der Waals surface area contributed by atoms with Crippen LogP contribution >= 0.6 is 0 Å². The summed E-state index contributed by atoms with van der Waals surface area (Å²) in [4.78, 5) is 0. The minimum absolute atomic E-state index is 0.230. The second-order valence-corrected chi connectivity index (χ2v) is 7.14. The van der Waals surface area contributed by atoms with Crippen molar-refractivity contribution in [1.82, 2.24) is 0 Å². The zero-order valence-electron chi connectivity index (χ0n) is 12.5. The third kappa shape index (κ3) is 2.62. The maximum atomic E-state index is 10.7. The van der Waals surface area contributed by atoms with Gasteiger partial charge < -0.3 is 14.9 Å². The van der Waals surface area contributed by atoms with Gasteiger partial charge in [0.05, 0.1) is 0 Å².